The van der Waals surface area contributed by atoms with Crippen LogP contribution in [0.25, 0.3) is 0 Å². The van der Waals surface area contributed by atoms with E-state index in [1.807, 2.05) is 0 Å². The minimum Gasteiger partial charge on any atom is -0.235 e. The average Bonchev–Trinajstić information content (AvgIpc) is 2.34. The third-order valence-electron chi connectivity index (χ3n) is 5.13. The quantitative estimate of drug-likeness (QED) is 0.606. The van der Waals surface area contributed by atoms with Crippen molar-refractivity contribution in [2.45, 2.75) is 50.0 Å². The average molecular weight is 198 g/mol. The van der Waals surface area contributed by atoms with Gasteiger partial charge < -0.3 is 0 Å². The predicted octanol–water partition coefficient (Wildman–Crippen LogP) is 3.40. The summed E-state index contributed by atoms with van der Waals surface area (Å²) in [5.74, 6) is 5.52. The molecule has 1 heteroatoms. The molecule has 0 spiro atoms. The molecule has 0 radical (unpaired) electrons. The van der Waals surface area contributed by atoms with Gasteiger partial charge in [0.2, 0.25) is 0 Å². The van der Waals surface area contributed by atoms with E-state index in [1.54, 1.807) is 37.2 Å². The fraction of sp³-hybridized carbons (Fsp3) is 1.00. The second kappa shape index (κ2) is 2.68. The molecule has 3 aliphatic heterocycles. The SMILES string of the molecule is CCS12CC3CCCC1[C@@H](C)C2C3. The smallest absolute Gasteiger partial charge is 0.00705 e. The Morgan fingerprint density at radius 3 is 2.85 bits per heavy atom. The van der Waals surface area contributed by atoms with Crippen LogP contribution in [0.3, 0.4) is 0 Å². The largest absolute Gasteiger partial charge is 0.235 e. The maximum atomic E-state index is 2.55. The van der Waals surface area contributed by atoms with Crippen LogP contribution in [-0.4, -0.2) is 22.0 Å². The van der Waals surface area contributed by atoms with Crippen LogP contribution in [0.5, 0.6) is 0 Å². The predicted molar refractivity (Wildman–Crippen MR) is 61.7 cm³/mol. The van der Waals surface area contributed by atoms with E-state index in [1.165, 1.54) is 10.5 Å². The van der Waals surface area contributed by atoms with Crippen LogP contribution in [-0.2, 0) is 0 Å². The molecule has 4 unspecified atom stereocenters. The van der Waals surface area contributed by atoms with Crippen molar-refractivity contribution in [2.24, 2.45) is 11.8 Å². The summed E-state index contributed by atoms with van der Waals surface area (Å²) in [4.78, 5) is 0. The Morgan fingerprint density at radius 1 is 1.23 bits per heavy atom. The van der Waals surface area contributed by atoms with E-state index < -0.39 is 0 Å². The minimum absolute atomic E-state index is 0.0666. The van der Waals surface area contributed by atoms with Crippen molar-refractivity contribution in [1.29, 1.82) is 0 Å². The Kier molecular flexibility index (Phi) is 1.78. The van der Waals surface area contributed by atoms with Crippen LogP contribution >= 0.6 is 10.0 Å². The molecule has 3 rings (SSSR count). The lowest BCUT2D eigenvalue weighted by molar-refractivity contribution is 0.359. The molecule has 0 aromatic carbocycles. The molecule has 3 saturated heterocycles. The molecule has 13 heavy (non-hydrogen) atoms. The first-order valence-corrected chi connectivity index (χ1v) is 8.14. The Bertz CT molecular complexity index is 225. The normalized spacial score (nSPS) is 63.5. The topological polar surface area (TPSA) is 0 Å². The molecular formula is C12H22S. The van der Waals surface area contributed by atoms with Gasteiger partial charge >= 0.3 is 0 Å². The highest BCUT2D eigenvalue weighted by molar-refractivity contribution is 8.36. The summed E-state index contributed by atoms with van der Waals surface area (Å²) in [6, 6.07) is 0. The third-order valence-corrected chi connectivity index (χ3v) is 11.0. The van der Waals surface area contributed by atoms with Gasteiger partial charge in [-0.15, -0.1) is 0 Å². The Hall–Kier alpha value is 0.350. The second-order valence-electron chi connectivity index (χ2n) is 5.43. The molecule has 3 fully saturated rings. The molecule has 0 aromatic rings. The summed E-state index contributed by atoms with van der Waals surface area (Å²) >= 11 is 0. The molecule has 0 aromatic heterocycles. The standard InChI is InChI=1S/C12H22S/c1-3-13-8-10-5-4-6-11(13)9(2)12(13)7-10/h9-12H,3-8H2,1-2H3/t9-,10?,11?,12?/m1/s1. The highest BCUT2D eigenvalue weighted by Gasteiger charge is 2.59. The van der Waals surface area contributed by atoms with Crippen molar-refractivity contribution in [3.05, 3.63) is 0 Å². The lowest BCUT2D eigenvalue weighted by atomic mass is 9.86. The van der Waals surface area contributed by atoms with E-state index in [2.05, 4.69) is 13.8 Å². The van der Waals surface area contributed by atoms with E-state index in [4.69, 9.17) is 0 Å². The lowest BCUT2D eigenvalue weighted by Gasteiger charge is -2.62. The summed E-state index contributed by atoms with van der Waals surface area (Å²) in [6.45, 7) is 5.03. The fourth-order valence-corrected chi connectivity index (χ4v) is 10.9. The van der Waals surface area contributed by atoms with Gasteiger partial charge in [-0.1, -0.05) is 20.3 Å². The first kappa shape index (κ1) is 8.64. The first-order chi connectivity index (χ1) is 6.28. The zero-order valence-corrected chi connectivity index (χ0v) is 9.78. The molecule has 0 amide bonds. The van der Waals surface area contributed by atoms with Gasteiger partial charge in [-0.3, -0.25) is 0 Å². The minimum atomic E-state index is -0.0666. The van der Waals surface area contributed by atoms with E-state index in [-0.39, 0.29) is 10.0 Å². The summed E-state index contributed by atoms with van der Waals surface area (Å²) in [6.07, 6.45) is 6.35. The Balaban J connectivity index is 1.95. The van der Waals surface area contributed by atoms with Gasteiger partial charge in [-0.25, -0.2) is 10.0 Å². The summed E-state index contributed by atoms with van der Waals surface area (Å²) in [7, 11) is -0.0666. The highest BCUT2D eigenvalue weighted by Crippen LogP contribution is 2.78. The Labute approximate surface area is 83.8 Å². The molecule has 3 heterocycles. The van der Waals surface area contributed by atoms with Crippen molar-refractivity contribution in [2.75, 3.05) is 11.5 Å². The zero-order chi connectivity index (χ0) is 9.05. The van der Waals surface area contributed by atoms with Gasteiger partial charge in [0.15, 0.2) is 0 Å². The van der Waals surface area contributed by atoms with E-state index in [0.29, 0.717) is 0 Å². The number of fused-ring (bicyclic) bond motifs is 1. The Morgan fingerprint density at radius 2 is 2.08 bits per heavy atom. The van der Waals surface area contributed by atoms with Crippen LogP contribution in [0.15, 0.2) is 0 Å². The van der Waals surface area contributed by atoms with Crippen LogP contribution in [0, 0.1) is 11.8 Å². The van der Waals surface area contributed by atoms with Crippen LogP contribution in [0.4, 0.5) is 0 Å². The maximum absolute atomic E-state index is 2.55. The molecule has 0 saturated carbocycles. The molecular weight excluding hydrogens is 176 g/mol. The van der Waals surface area contributed by atoms with Gasteiger partial charge in [-0.05, 0) is 53.1 Å². The lowest BCUT2D eigenvalue weighted by Crippen LogP contribution is -2.49. The second-order valence-corrected chi connectivity index (χ2v) is 9.57. The molecule has 0 aliphatic carbocycles. The van der Waals surface area contributed by atoms with Crippen molar-refractivity contribution >= 4 is 10.0 Å². The van der Waals surface area contributed by atoms with Gasteiger partial charge in [-0.2, -0.15) is 0 Å². The fourth-order valence-electron chi connectivity index (χ4n) is 4.57. The zero-order valence-electron chi connectivity index (χ0n) is 8.96. The number of hydrogen-bond acceptors (Lipinski definition) is 0. The maximum Gasteiger partial charge on any atom is -0.00705 e. The van der Waals surface area contributed by atoms with Crippen molar-refractivity contribution < 1.29 is 0 Å². The molecule has 0 nitrogen and oxygen atoms in total. The summed E-state index contributed by atoms with van der Waals surface area (Å²) < 4.78 is 0. The first-order valence-electron chi connectivity index (χ1n) is 6.04. The molecule has 2 bridgehead atoms. The highest BCUT2D eigenvalue weighted by atomic mass is 32.3. The summed E-state index contributed by atoms with van der Waals surface area (Å²) in [5.41, 5.74) is 0. The monoisotopic (exact) mass is 198 g/mol. The van der Waals surface area contributed by atoms with Gasteiger partial charge in [0, 0.05) is 0 Å². The van der Waals surface area contributed by atoms with Crippen LogP contribution < -0.4 is 0 Å². The van der Waals surface area contributed by atoms with Crippen molar-refractivity contribution in [3.63, 3.8) is 0 Å². The van der Waals surface area contributed by atoms with Gasteiger partial charge in [0.25, 0.3) is 0 Å². The van der Waals surface area contributed by atoms with Gasteiger partial charge in [0.05, 0.1) is 0 Å². The van der Waals surface area contributed by atoms with E-state index in [0.717, 1.165) is 11.8 Å². The van der Waals surface area contributed by atoms with E-state index in [9.17, 15) is 0 Å². The van der Waals surface area contributed by atoms with Crippen LogP contribution in [0.2, 0.25) is 0 Å². The van der Waals surface area contributed by atoms with Gasteiger partial charge in [0.1, 0.15) is 0 Å². The number of rotatable bonds is 1. The molecule has 0 N–H and O–H groups in total. The van der Waals surface area contributed by atoms with Crippen molar-refractivity contribution in [1.82, 2.24) is 0 Å². The number of hydrogen-bond donors (Lipinski definition) is 0. The van der Waals surface area contributed by atoms with E-state index >= 15 is 0 Å². The summed E-state index contributed by atoms with van der Waals surface area (Å²) in [5, 5.41) is 2.42. The van der Waals surface area contributed by atoms with Crippen molar-refractivity contribution in [3.8, 4) is 0 Å². The molecule has 3 aliphatic rings. The molecule has 76 valence electrons. The molecule has 5 atom stereocenters. The third kappa shape index (κ3) is 0.900. The van der Waals surface area contributed by atoms with Crippen LogP contribution in [0.1, 0.15) is 39.5 Å².